The second-order valence-corrected chi connectivity index (χ2v) is 9.76. The highest BCUT2D eigenvalue weighted by atomic mass is 32.2. The molecule has 2 heterocycles. The van der Waals surface area contributed by atoms with E-state index in [-0.39, 0.29) is 18.4 Å². The maximum absolute atomic E-state index is 12.6. The molecule has 3 aromatic rings. The zero-order valence-electron chi connectivity index (χ0n) is 18.9. The smallest absolute Gasteiger partial charge is 0.251 e. The molecule has 1 aromatic carbocycles. The van der Waals surface area contributed by atoms with Crippen molar-refractivity contribution in [2.45, 2.75) is 37.2 Å². The van der Waals surface area contributed by atoms with Crippen molar-refractivity contribution in [3.63, 3.8) is 0 Å². The lowest BCUT2D eigenvalue weighted by molar-refractivity contribution is -0.115. The number of nitrogens with one attached hydrogen (secondary N) is 2. The number of aliphatic hydroxyl groups excluding tert-OH is 1. The number of methoxy groups -OCH3 is 1. The Balaban J connectivity index is 1.66. The number of nitrogens with zero attached hydrogens (tertiary/aromatic N) is 4. The van der Waals surface area contributed by atoms with Gasteiger partial charge in [0.2, 0.25) is 5.91 Å². The van der Waals surface area contributed by atoms with Crippen LogP contribution in [-0.4, -0.2) is 55.6 Å². The number of rotatable bonds is 9. The number of carbonyl (C=O) groups is 2. The van der Waals surface area contributed by atoms with E-state index in [9.17, 15) is 14.7 Å². The molecule has 2 atom stereocenters. The number of aromatic nitrogens is 4. The highest BCUT2D eigenvalue weighted by molar-refractivity contribution is 8.00. The maximum Gasteiger partial charge on any atom is 0.251 e. The van der Waals surface area contributed by atoms with Crippen molar-refractivity contribution in [1.29, 1.82) is 0 Å². The Kier molecular flexibility index (Phi) is 8.06. The van der Waals surface area contributed by atoms with E-state index >= 15 is 0 Å². The molecule has 0 aliphatic rings. The predicted molar refractivity (Wildman–Crippen MR) is 127 cm³/mol. The first kappa shape index (κ1) is 24.7. The van der Waals surface area contributed by atoms with Crippen molar-refractivity contribution < 1.29 is 19.4 Å². The molecule has 176 valence electrons. The number of benzene rings is 1. The SMILES string of the molecule is COc1ccc(C(=O)N[C@@H](CO)c2nnc(S[C@@H](C)C(=O)Nc3nc(C)c(C)s3)n2C)cc1. The highest BCUT2D eigenvalue weighted by Crippen LogP contribution is 2.26. The highest BCUT2D eigenvalue weighted by Gasteiger charge is 2.24. The van der Waals surface area contributed by atoms with Gasteiger partial charge in [0.05, 0.1) is 24.7 Å². The van der Waals surface area contributed by atoms with Crippen LogP contribution in [0.3, 0.4) is 0 Å². The average molecular weight is 491 g/mol. The Morgan fingerprint density at radius 1 is 1.24 bits per heavy atom. The van der Waals surface area contributed by atoms with Gasteiger partial charge in [-0.2, -0.15) is 0 Å². The predicted octanol–water partition coefficient (Wildman–Crippen LogP) is 2.48. The third kappa shape index (κ3) is 5.89. The minimum absolute atomic E-state index is 0.204. The molecule has 2 aromatic heterocycles. The van der Waals surface area contributed by atoms with Gasteiger partial charge >= 0.3 is 0 Å². The van der Waals surface area contributed by atoms with Gasteiger partial charge < -0.3 is 25.0 Å². The van der Waals surface area contributed by atoms with Crippen LogP contribution in [0, 0.1) is 13.8 Å². The molecule has 0 aliphatic heterocycles. The summed E-state index contributed by atoms with van der Waals surface area (Å²) in [5.41, 5.74) is 1.31. The van der Waals surface area contributed by atoms with E-state index in [1.807, 2.05) is 13.8 Å². The van der Waals surface area contributed by atoms with Gasteiger partial charge in [-0.1, -0.05) is 11.8 Å². The van der Waals surface area contributed by atoms with E-state index in [1.54, 1.807) is 49.9 Å². The van der Waals surface area contributed by atoms with Crippen molar-refractivity contribution >= 4 is 40.0 Å². The number of hydrogen-bond acceptors (Lipinski definition) is 9. The molecule has 0 bridgehead atoms. The summed E-state index contributed by atoms with van der Waals surface area (Å²) in [5.74, 6) is 0.444. The van der Waals surface area contributed by atoms with Gasteiger partial charge in [-0.15, -0.1) is 21.5 Å². The summed E-state index contributed by atoms with van der Waals surface area (Å²) >= 11 is 2.65. The molecular formula is C21H26N6O4S2. The largest absolute Gasteiger partial charge is 0.497 e. The first-order chi connectivity index (χ1) is 15.7. The quantitative estimate of drug-likeness (QED) is 0.390. The molecule has 33 heavy (non-hydrogen) atoms. The molecule has 3 N–H and O–H groups in total. The topological polar surface area (TPSA) is 131 Å². The number of ether oxygens (including phenoxy) is 1. The summed E-state index contributed by atoms with van der Waals surface area (Å²) in [6, 6.07) is 5.86. The van der Waals surface area contributed by atoms with Crippen LogP contribution in [-0.2, 0) is 11.8 Å². The number of amides is 2. The zero-order chi connectivity index (χ0) is 24.1. The molecule has 0 saturated heterocycles. The Morgan fingerprint density at radius 3 is 2.52 bits per heavy atom. The Hall–Kier alpha value is -2.96. The summed E-state index contributed by atoms with van der Waals surface area (Å²) in [5, 5.41) is 24.3. The van der Waals surface area contributed by atoms with Crippen LogP contribution < -0.4 is 15.4 Å². The fraction of sp³-hybridized carbons (Fsp3) is 0.381. The van der Waals surface area contributed by atoms with Crippen LogP contribution in [0.5, 0.6) is 5.75 Å². The molecule has 0 fully saturated rings. The fourth-order valence-corrected chi connectivity index (χ4v) is 4.49. The summed E-state index contributed by atoms with van der Waals surface area (Å²) in [6.45, 7) is 5.24. The zero-order valence-corrected chi connectivity index (χ0v) is 20.6. The minimum atomic E-state index is -0.767. The summed E-state index contributed by atoms with van der Waals surface area (Å²) < 4.78 is 6.75. The number of thioether (sulfide) groups is 1. The lowest BCUT2D eigenvalue weighted by atomic mass is 10.2. The van der Waals surface area contributed by atoms with Crippen molar-refractivity contribution in [2.75, 3.05) is 19.0 Å². The molecule has 2 amide bonds. The van der Waals surface area contributed by atoms with Crippen molar-refractivity contribution in [3.05, 3.63) is 46.2 Å². The third-order valence-electron chi connectivity index (χ3n) is 4.93. The van der Waals surface area contributed by atoms with Crippen molar-refractivity contribution in [3.8, 4) is 5.75 Å². The number of aliphatic hydroxyl groups is 1. The van der Waals surface area contributed by atoms with E-state index < -0.39 is 11.3 Å². The maximum atomic E-state index is 12.6. The van der Waals surface area contributed by atoms with Gasteiger partial charge in [0, 0.05) is 17.5 Å². The van der Waals surface area contributed by atoms with Crippen LogP contribution in [0.4, 0.5) is 5.13 Å². The molecule has 0 unspecified atom stereocenters. The number of aryl methyl sites for hydroxylation is 2. The first-order valence-electron chi connectivity index (χ1n) is 10.1. The van der Waals surface area contributed by atoms with E-state index in [0.29, 0.717) is 27.4 Å². The summed E-state index contributed by atoms with van der Waals surface area (Å²) in [6.07, 6.45) is 0. The van der Waals surface area contributed by atoms with Gasteiger partial charge in [-0.3, -0.25) is 9.59 Å². The molecule has 10 nitrogen and oxygen atoms in total. The van der Waals surface area contributed by atoms with Crippen molar-refractivity contribution in [2.24, 2.45) is 7.05 Å². The number of carbonyl (C=O) groups excluding carboxylic acids is 2. The molecular weight excluding hydrogens is 464 g/mol. The van der Waals surface area contributed by atoms with Crippen LogP contribution in [0.25, 0.3) is 0 Å². The van der Waals surface area contributed by atoms with Gasteiger partial charge in [-0.25, -0.2) is 4.98 Å². The Labute approximate surface area is 199 Å². The molecule has 0 spiro atoms. The summed E-state index contributed by atoms with van der Waals surface area (Å²) in [7, 11) is 3.27. The molecule has 0 saturated carbocycles. The molecule has 3 rings (SSSR count). The standard InChI is InChI=1S/C21H26N6O4S2/c1-11-12(2)32-20(22-11)24-18(29)13(3)33-21-26-25-17(27(21)4)16(10-28)23-19(30)14-6-8-15(31-5)9-7-14/h6-9,13,16,28H,10H2,1-5H3,(H,23,30)(H,22,24,29)/t13-,16-/m0/s1. The van der Waals surface area contributed by atoms with Crippen LogP contribution in [0.2, 0.25) is 0 Å². The number of hydrogen-bond donors (Lipinski definition) is 3. The van der Waals surface area contributed by atoms with Crippen LogP contribution in [0.15, 0.2) is 29.4 Å². The Bertz CT molecular complexity index is 1110. The van der Waals surface area contributed by atoms with E-state index in [1.165, 1.54) is 23.1 Å². The number of anilines is 1. The van der Waals surface area contributed by atoms with Gasteiger partial charge in [0.15, 0.2) is 16.1 Å². The van der Waals surface area contributed by atoms with Gasteiger partial charge in [-0.05, 0) is 45.0 Å². The van der Waals surface area contributed by atoms with Crippen LogP contribution in [0.1, 0.15) is 39.7 Å². The third-order valence-corrected chi connectivity index (χ3v) is 7.05. The van der Waals surface area contributed by atoms with E-state index in [4.69, 9.17) is 4.74 Å². The van der Waals surface area contributed by atoms with E-state index in [0.717, 1.165) is 10.6 Å². The first-order valence-corrected chi connectivity index (χ1v) is 11.8. The van der Waals surface area contributed by atoms with E-state index in [2.05, 4.69) is 25.8 Å². The van der Waals surface area contributed by atoms with Crippen LogP contribution >= 0.6 is 23.1 Å². The lowest BCUT2D eigenvalue weighted by Crippen LogP contribution is -2.32. The average Bonchev–Trinajstić information content (AvgIpc) is 3.32. The lowest BCUT2D eigenvalue weighted by Gasteiger charge is -2.16. The molecule has 0 radical (unpaired) electrons. The normalized spacial score (nSPS) is 12.8. The summed E-state index contributed by atoms with van der Waals surface area (Å²) in [4.78, 5) is 30.5. The van der Waals surface area contributed by atoms with Gasteiger partial charge in [0.25, 0.3) is 5.91 Å². The minimum Gasteiger partial charge on any atom is -0.497 e. The van der Waals surface area contributed by atoms with Crippen molar-refractivity contribution in [1.82, 2.24) is 25.1 Å². The Morgan fingerprint density at radius 2 is 1.94 bits per heavy atom. The fourth-order valence-electron chi connectivity index (χ4n) is 2.85. The monoisotopic (exact) mass is 490 g/mol. The molecule has 0 aliphatic carbocycles. The second kappa shape index (κ2) is 10.8. The molecule has 12 heteroatoms. The number of thiazole rings is 1. The second-order valence-electron chi connectivity index (χ2n) is 7.25. The van der Waals surface area contributed by atoms with Gasteiger partial charge in [0.1, 0.15) is 11.8 Å².